The van der Waals surface area contributed by atoms with Crippen LogP contribution in [0.3, 0.4) is 0 Å². The number of nitrogens with zero attached hydrogens (tertiary/aromatic N) is 1. The molecule has 0 bridgehead atoms. The summed E-state index contributed by atoms with van der Waals surface area (Å²) in [6.07, 6.45) is 0. The summed E-state index contributed by atoms with van der Waals surface area (Å²) in [5, 5.41) is 9.63. The number of hydrogen-bond acceptors (Lipinski definition) is 6. The van der Waals surface area contributed by atoms with Gasteiger partial charge in [-0.1, -0.05) is 60.7 Å². The van der Waals surface area contributed by atoms with Crippen LogP contribution in [0.5, 0.6) is 0 Å². The average Bonchev–Trinajstić information content (AvgIpc) is 2.73. The quantitative estimate of drug-likeness (QED) is 0.664. The smallest absolute Gasteiger partial charge is 0.379 e. The van der Waals surface area contributed by atoms with Crippen molar-refractivity contribution in [3.63, 3.8) is 0 Å². The Morgan fingerprint density at radius 1 is 1.07 bits per heavy atom. The maximum Gasteiger partial charge on any atom is 0.379 e. The number of nitriles is 1. The molecule has 2 aromatic rings. The summed E-state index contributed by atoms with van der Waals surface area (Å²) in [7, 11) is 1.12. The van der Waals surface area contributed by atoms with Crippen LogP contribution in [0.4, 0.5) is 0 Å². The van der Waals surface area contributed by atoms with Crippen molar-refractivity contribution in [2.75, 3.05) is 7.11 Å². The zero-order valence-corrected chi connectivity index (χ0v) is 14.5. The van der Waals surface area contributed by atoms with Gasteiger partial charge in [-0.25, -0.2) is 4.79 Å². The molecule has 1 aliphatic rings. The van der Waals surface area contributed by atoms with Crippen LogP contribution in [0.1, 0.15) is 17.0 Å². The number of carbonyl (C=O) groups excluding carboxylic acids is 2. The molecule has 0 amide bonds. The third-order valence-corrected chi connectivity index (χ3v) is 4.20. The fraction of sp³-hybridized carbons (Fsp3) is 0.0952. The zero-order valence-electron chi connectivity index (χ0n) is 14.5. The van der Waals surface area contributed by atoms with E-state index in [1.165, 1.54) is 0 Å². The summed E-state index contributed by atoms with van der Waals surface area (Å²) in [5.41, 5.74) is 7.27. The van der Waals surface area contributed by atoms with Crippen LogP contribution in [0.25, 0.3) is 5.76 Å². The summed E-state index contributed by atoms with van der Waals surface area (Å²) in [5.74, 6) is -2.74. The van der Waals surface area contributed by atoms with Gasteiger partial charge in [0.2, 0.25) is 5.88 Å². The molecule has 0 fully saturated rings. The molecule has 134 valence electrons. The number of benzene rings is 2. The van der Waals surface area contributed by atoms with E-state index < -0.39 is 17.7 Å². The Morgan fingerprint density at radius 3 is 2.22 bits per heavy atom. The summed E-state index contributed by atoms with van der Waals surface area (Å²) in [6, 6.07) is 19.7. The molecule has 0 radical (unpaired) electrons. The second kappa shape index (κ2) is 7.58. The van der Waals surface area contributed by atoms with Gasteiger partial charge in [-0.05, 0) is 5.56 Å². The minimum Gasteiger partial charge on any atom is -0.463 e. The van der Waals surface area contributed by atoms with Crippen molar-refractivity contribution < 1.29 is 19.1 Å². The third-order valence-electron chi connectivity index (χ3n) is 4.20. The lowest BCUT2D eigenvalue weighted by molar-refractivity contribution is -0.150. The van der Waals surface area contributed by atoms with Crippen LogP contribution in [0, 0.1) is 11.3 Å². The van der Waals surface area contributed by atoms with Gasteiger partial charge in [0.15, 0.2) is 0 Å². The summed E-state index contributed by atoms with van der Waals surface area (Å²) < 4.78 is 10.3. The lowest BCUT2D eigenvalue weighted by atomic mass is 9.80. The van der Waals surface area contributed by atoms with Crippen LogP contribution >= 0.6 is 0 Å². The molecule has 2 aromatic carbocycles. The molecule has 0 aliphatic carbocycles. The average molecular weight is 360 g/mol. The van der Waals surface area contributed by atoms with Crippen LogP contribution in [-0.4, -0.2) is 18.9 Å². The van der Waals surface area contributed by atoms with Gasteiger partial charge in [0.1, 0.15) is 17.4 Å². The lowest BCUT2D eigenvalue weighted by Crippen LogP contribution is -2.29. The first-order valence-electron chi connectivity index (χ1n) is 8.13. The van der Waals surface area contributed by atoms with E-state index in [2.05, 4.69) is 4.74 Å². The molecule has 3 rings (SSSR count). The van der Waals surface area contributed by atoms with Gasteiger partial charge in [0, 0.05) is 5.56 Å². The highest BCUT2D eigenvalue weighted by Crippen LogP contribution is 2.42. The fourth-order valence-corrected chi connectivity index (χ4v) is 2.98. The van der Waals surface area contributed by atoms with E-state index >= 15 is 0 Å². The van der Waals surface area contributed by atoms with E-state index in [4.69, 9.17) is 10.5 Å². The van der Waals surface area contributed by atoms with Gasteiger partial charge < -0.3 is 15.2 Å². The van der Waals surface area contributed by atoms with Gasteiger partial charge in [-0.2, -0.15) is 5.26 Å². The highest BCUT2D eigenvalue weighted by atomic mass is 16.5. The minimum atomic E-state index is -1.04. The molecule has 1 atom stereocenters. The van der Waals surface area contributed by atoms with Gasteiger partial charge in [-0.3, -0.25) is 4.79 Å². The number of esters is 1. The summed E-state index contributed by atoms with van der Waals surface area (Å²) in [4.78, 5) is 24.9. The summed E-state index contributed by atoms with van der Waals surface area (Å²) in [6.45, 7) is 0. The van der Waals surface area contributed by atoms with E-state index in [0.717, 1.165) is 7.11 Å². The first-order valence-corrected chi connectivity index (χ1v) is 8.13. The number of hydrogen-bond donors (Lipinski definition) is 1. The number of ether oxygens (including phenoxy) is 2. The second-order valence-electron chi connectivity index (χ2n) is 5.77. The maximum absolute atomic E-state index is 12.9. The number of ketones is 1. The van der Waals surface area contributed by atoms with Crippen LogP contribution < -0.4 is 5.73 Å². The Kier molecular flexibility index (Phi) is 5.04. The molecular weight excluding hydrogens is 344 g/mol. The Labute approximate surface area is 156 Å². The number of nitrogens with two attached hydrogens (primary N) is 1. The minimum absolute atomic E-state index is 0.0185. The second-order valence-corrected chi connectivity index (χ2v) is 5.77. The highest BCUT2D eigenvalue weighted by molar-refractivity contribution is 6.42. The number of methoxy groups -OCH3 is 1. The summed E-state index contributed by atoms with van der Waals surface area (Å²) >= 11 is 0. The molecule has 0 unspecified atom stereocenters. The Bertz CT molecular complexity index is 986. The SMILES string of the molecule is COC(=O)C(=O)C1=C(c2ccccc2)OC(N)=C(C#N)[C@H]1c1ccccc1. The number of allylic oxidation sites excluding steroid dienone is 1. The van der Waals surface area contributed by atoms with Crippen molar-refractivity contribution in [2.45, 2.75) is 5.92 Å². The van der Waals surface area contributed by atoms with Gasteiger partial charge in [-0.15, -0.1) is 0 Å². The number of carbonyl (C=O) groups is 2. The first-order chi connectivity index (χ1) is 13.1. The van der Waals surface area contributed by atoms with E-state index in [0.29, 0.717) is 11.1 Å². The largest absolute Gasteiger partial charge is 0.463 e. The molecule has 27 heavy (non-hydrogen) atoms. The highest BCUT2D eigenvalue weighted by Gasteiger charge is 2.39. The van der Waals surface area contributed by atoms with Crippen LogP contribution in [-0.2, 0) is 19.1 Å². The van der Waals surface area contributed by atoms with Gasteiger partial charge in [0.25, 0.3) is 5.78 Å². The fourth-order valence-electron chi connectivity index (χ4n) is 2.98. The predicted octanol–water partition coefficient (Wildman–Crippen LogP) is 2.65. The Hall–Kier alpha value is -3.85. The molecule has 0 aromatic heterocycles. The van der Waals surface area contributed by atoms with Crippen molar-refractivity contribution in [1.29, 1.82) is 5.26 Å². The van der Waals surface area contributed by atoms with Crippen molar-refractivity contribution in [1.82, 2.24) is 0 Å². The van der Waals surface area contributed by atoms with Crippen molar-refractivity contribution >= 4 is 17.5 Å². The maximum atomic E-state index is 12.9. The Balaban J connectivity index is 2.31. The van der Waals surface area contributed by atoms with E-state index in [9.17, 15) is 14.9 Å². The van der Waals surface area contributed by atoms with Crippen LogP contribution in [0.2, 0.25) is 0 Å². The lowest BCUT2D eigenvalue weighted by Gasteiger charge is -2.28. The predicted molar refractivity (Wildman–Crippen MR) is 97.5 cm³/mol. The third kappa shape index (κ3) is 3.31. The molecule has 6 heteroatoms. The van der Waals surface area contributed by atoms with E-state index in [1.807, 2.05) is 18.2 Å². The Morgan fingerprint density at radius 2 is 1.67 bits per heavy atom. The van der Waals surface area contributed by atoms with Crippen molar-refractivity contribution in [3.05, 3.63) is 88.8 Å². The standard InChI is InChI=1S/C21H16N2O4/c1-26-21(25)18(24)17-16(13-8-4-2-5-9-13)15(12-22)20(23)27-19(17)14-10-6-3-7-11-14/h2-11,16H,23H2,1H3/t16-/m1/s1. The zero-order chi connectivity index (χ0) is 19.4. The number of Topliss-reactive ketones (excluding diaryl/α,β-unsaturated/α-hetero) is 1. The molecule has 0 spiro atoms. The van der Waals surface area contributed by atoms with Gasteiger partial charge >= 0.3 is 5.97 Å². The molecule has 0 saturated carbocycles. The molecule has 1 heterocycles. The van der Waals surface area contributed by atoms with E-state index in [-0.39, 0.29) is 22.8 Å². The molecule has 1 aliphatic heterocycles. The molecule has 0 saturated heterocycles. The van der Waals surface area contributed by atoms with Gasteiger partial charge in [0.05, 0.1) is 18.6 Å². The first kappa shape index (κ1) is 18.0. The molecule has 2 N–H and O–H groups in total. The topological polar surface area (TPSA) is 102 Å². The monoisotopic (exact) mass is 360 g/mol. The van der Waals surface area contributed by atoms with Crippen LogP contribution in [0.15, 0.2) is 77.7 Å². The molecule has 6 nitrogen and oxygen atoms in total. The molecular formula is C21H16N2O4. The normalized spacial score (nSPS) is 16.4. The van der Waals surface area contributed by atoms with Crippen molar-refractivity contribution in [2.24, 2.45) is 5.73 Å². The van der Waals surface area contributed by atoms with Crippen molar-refractivity contribution in [3.8, 4) is 6.07 Å². The van der Waals surface area contributed by atoms with E-state index in [1.54, 1.807) is 48.5 Å². The number of rotatable bonds is 4.